The first-order valence-electron chi connectivity index (χ1n) is 7.16. The van der Waals surface area contributed by atoms with Crippen LogP contribution in [0.4, 0.5) is 0 Å². The smallest absolute Gasteiger partial charge is 0.0258 e. The van der Waals surface area contributed by atoms with Gasteiger partial charge in [0.25, 0.3) is 0 Å². The molecule has 0 amide bonds. The molecule has 5 saturated heterocycles. The average Bonchev–Trinajstić information content (AvgIpc) is 2.27. The van der Waals surface area contributed by atoms with Gasteiger partial charge < -0.3 is 0 Å². The van der Waals surface area contributed by atoms with E-state index in [0.717, 1.165) is 36.3 Å². The Morgan fingerprint density at radius 3 is 1.06 bits per heavy atom. The van der Waals surface area contributed by atoms with Crippen LogP contribution in [0.1, 0.15) is 53.4 Å². The summed E-state index contributed by atoms with van der Waals surface area (Å²) in [6, 6.07) is 4.96. The fourth-order valence-corrected chi connectivity index (χ4v) is 4.87. The Hall–Kier alpha value is -0.0800. The van der Waals surface area contributed by atoms with Gasteiger partial charge in [-0.25, -0.2) is 0 Å². The molecule has 5 aliphatic rings. The van der Waals surface area contributed by atoms with Gasteiger partial charge in [-0.1, -0.05) is 0 Å². The summed E-state index contributed by atoms with van der Waals surface area (Å²) in [5.74, 6) is 0. The zero-order valence-corrected chi connectivity index (χ0v) is 11.2. The second kappa shape index (κ2) is 3.71. The zero-order valence-electron chi connectivity index (χ0n) is 11.2. The molecular formula is C14H26N2. The molecule has 0 aromatic carbocycles. The molecule has 4 atom stereocenters. The van der Waals surface area contributed by atoms with Gasteiger partial charge in [-0.3, -0.25) is 9.80 Å². The van der Waals surface area contributed by atoms with Crippen LogP contribution in [-0.2, 0) is 0 Å². The SMILES string of the molecule is CC(C)N1C2CCC3C1CCC2N3C(C)C. The van der Waals surface area contributed by atoms with Crippen LogP contribution in [0.3, 0.4) is 0 Å². The van der Waals surface area contributed by atoms with Crippen LogP contribution in [0.2, 0.25) is 0 Å². The van der Waals surface area contributed by atoms with Crippen LogP contribution in [0, 0.1) is 0 Å². The Balaban J connectivity index is 1.92. The predicted molar refractivity (Wildman–Crippen MR) is 67.6 cm³/mol. The molecule has 0 aromatic rings. The summed E-state index contributed by atoms with van der Waals surface area (Å²) < 4.78 is 0. The van der Waals surface area contributed by atoms with Gasteiger partial charge in [0, 0.05) is 36.3 Å². The summed E-state index contributed by atoms with van der Waals surface area (Å²) in [6.45, 7) is 9.54. The first-order chi connectivity index (χ1) is 7.61. The Morgan fingerprint density at radius 1 is 0.625 bits per heavy atom. The van der Waals surface area contributed by atoms with Crippen molar-refractivity contribution in [2.45, 2.75) is 89.6 Å². The summed E-state index contributed by atoms with van der Waals surface area (Å²) in [6.07, 6.45) is 5.81. The Labute approximate surface area is 100.0 Å². The van der Waals surface area contributed by atoms with E-state index in [2.05, 4.69) is 37.5 Å². The van der Waals surface area contributed by atoms with Crippen LogP contribution in [0.25, 0.3) is 0 Å². The van der Waals surface area contributed by atoms with Crippen LogP contribution in [0.5, 0.6) is 0 Å². The molecule has 4 unspecified atom stereocenters. The van der Waals surface area contributed by atoms with Gasteiger partial charge in [-0.15, -0.1) is 0 Å². The summed E-state index contributed by atoms with van der Waals surface area (Å²) in [5.41, 5.74) is 0. The van der Waals surface area contributed by atoms with Gasteiger partial charge in [-0.05, 0) is 53.4 Å². The second-order valence-corrected chi connectivity index (χ2v) is 6.51. The number of rotatable bonds is 2. The molecule has 2 nitrogen and oxygen atoms in total. The lowest BCUT2D eigenvalue weighted by molar-refractivity contribution is -0.165. The predicted octanol–water partition coefficient (Wildman–Crippen LogP) is 2.48. The second-order valence-electron chi connectivity index (χ2n) is 6.51. The van der Waals surface area contributed by atoms with Gasteiger partial charge >= 0.3 is 0 Å². The molecular weight excluding hydrogens is 196 g/mol. The lowest BCUT2D eigenvalue weighted by Gasteiger charge is -2.67. The van der Waals surface area contributed by atoms with E-state index in [-0.39, 0.29) is 0 Å². The standard InChI is InChI=1S/C14H26N2/c1-9(2)15-11-5-7-13-12(15)6-8-14(11)16(13)10(3)4/h9-14H,5-8H2,1-4H3. The van der Waals surface area contributed by atoms with Gasteiger partial charge in [0.15, 0.2) is 0 Å². The van der Waals surface area contributed by atoms with Gasteiger partial charge in [0.1, 0.15) is 0 Å². The van der Waals surface area contributed by atoms with Crippen molar-refractivity contribution >= 4 is 0 Å². The molecule has 2 heteroatoms. The third-order valence-corrected chi connectivity index (χ3v) is 5.13. The van der Waals surface area contributed by atoms with E-state index >= 15 is 0 Å². The van der Waals surface area contributed by atoms with E-state index in [4.69, 9.17) is 0 Å². The van der Waals surface area contributed by atoms with E-state index in [0.29, 0.717) is 0 Å². The number of hydrogen-bond donors (Lipinski definition) is 0. The molecule has 16 heavy (non-hydrogen) atoms. The summed E-state index contributed by atoms with van der Waals surface area (Å²) in [4.78, 5) is 5.70. The molecule has 0 aliphatic carbocycles. The maximum Gasteiger partial charge on any atom is 0.0258 e. The van der Waals surface area contributed by atoms with Crippen molar-refractivity contribution in [3.8, 4) is 0 Å². The van der Waals surface area contributed by atoms with E-state index in [9.17, 15) is 0 Å². The Kier molecular flexibility index (Phi) is 2.56. The highest BCUT2D eigenvalue weighted by Crippen LogP contribution is 2.47. The highest BCUT2D eigenvalue weighted by molar-refractivity contribution is 5.12. The van der Waals surface area contributed by atoms with Crippen molar-refractivity contribution in [1.82, 2.24) is 9.80 Å². The minimum absolute atomic E-state index is 0.745. The highest BCUT2D eigenvalue weighted by Gasteiger charge is 2.55. The van der Waals surface area contributed by atoms with E-state index in [1.54, 1.807) is 0 Å². The molecule has 5 heterocycles. The van der Waals surface area contributed by atoms with Crippen LogP contribution in [0.15, 0.2) is 0 Å². The molecule has 4 bridgehead atoms. The monoisotopic (exact) mass is 222 g/mol. The van der Waals surface area contributed by atoms with Crippen molar-refractivity contribution in [3.05, 3.63) is 0 Å². The largest absolute Gasteiger partial charge is 0.292 e. The third kappa shape index (κ3) is 1.32. The number of nitrogens with zero attached hydrogens (tertiary/aromatic N) is 2. The molecule has 0 N–H and O–H groups in total. The van der Waals surface area contributed by atoms with Gasteiger partial charge in [-0.2, -0.15) is 0 Å². The minimum atomic E-state index is 0.745. The normalized spacial score (nSPS) is 43.9. The van der Waals surface area contributed by atoms with Gasteiger partial charge in [0.05, 0.1) is 0 Å². The van der Waals surface area contributed by atoms with E-state index in [1.807, 2.05) is 0 Å². The molecule has 5 fully saturated rings. The quantitative estimate of drug-likeness (QED) is 0.708. The molecule has 5 aliphatic heterocycles. The van der Waals surface area contributed by atoms with Crippen molar-refractivity contribution < 1.29 is 0 Å². The molecule has 0 radical (unpaired) electrons. The van der Waals surface area contributed by atoms with Crippen LogP contribution < -0.4 is 0 Å². The Morgan fingerprint density at radius 2 is 0.875 bits per heavy atom. The van der Waals surface area contributed by atoms with E-state index < -0.39 is 0 Å². The summed E-state index contributed by atoms with van der Waals surface area (Å²) >= 11 is 0. The molecule has 5 rings (SSSR count). The third-order valence-electron chi connectivity index (χ3n) is 5.13. The van der Waals surface area contributed by atoms with Crippen molar-refractivity contribution in [1.29, 1.82) is 0 Å². The highest BCUT2D eigenvalue weighted by atomic mass is 15.4. The fourth-order valence-electron chi connectivity index (χ4n) is 4.87. The number of piperazine rings is 1. The number of hydrogen-bond acceptors (Lipinski definition) is 2. The first kappa shape index (κ1) is 11.0. The van der Waals surface area contributed by atoms with Crippen molar-refractivity contribution in [3.63, 3.8) is 0 Å². The molecule has 0 spiro atoms. The molecule has 0 saturated carbocycles. The zero-order chi connectivity index (χ0) is 11.4. The van der Waals surface area contributed by atoms with Crippen molar-refractivity contribution in [2.24, 2.45) is 0 Å². The lowest BCUT2D eigenvalue weighted by atomic mass is 9.70. The van der Waals surface area contributed by atoms with Crippen LogP contribution in [-0.4, -0.2) is 46.1 Å². The minimum Gasteiger partial charge on any atom is -0.292 e. The average molecular weight is 222 g/mol. The molecule has 92 valence electrons. The fraction of sp³-hybridized carbons (Fsp3) is 1.00. The summed E-state index contributed by atoms with van der Waals surface area (Å²) in [7, 11) is 0. The van der Waals surface area contributed by atoms with E-state index in [1.165, 1.54) is 25.7 Å². The van der Waals surface area contributed by atoms with Gasteiger partial charge in [0.2, 0.25) is 0 Å². The lowest BCUT2D eigenvalue weighted by Crippen LogP contribution is -2.77. The molecule has 0 aromatic heterocycles. The summed E-state index contributed by atoms with van der Waals surface area (Å²) in [5, 5.41) is 0. The maximum atomic E-state index is 2.85. The first-order valence-corrected chi connectivity index (χ1v) is 7.16. The maximum absolute atomic E-state index is 2.85. The van der Waals surface area contributed by atoms with Crippen molar-refractivity contribution in [2.75, 3.05) is 0 Å². The number of piperidine rings is 4. The topological polar surface area (TPSA) is 6.48 Å². The number of fused-ring (bicyclic) bond motifs is 2. The Bertz CT molecular complexity index is 226. The van der Waals surface area contributed by atoms with Crippen LogP contribution >= 0.6 is 0 Å².